The number of hydrogen-bond donors (Lipinski definition) is 0. The van der Waals surface area contributed by atoms with Crippen molar-refractivity contribution in [2.24, 2.45) is 29.6 Å². The van der Waals surface area contributed by atoms with Crippen LogP contribution in [0.5, 0.6) is 0 Å². The van der Waals surface area contributed by atoms with Gasteiger partial charge in [-0.15, -0.1) is 0 Å². The Labute approximate surface area is 163 Å². The Kier molecular flexibility index (Phi) is 3.38. The van der Waals surface area contributed by atoms with Gasteiger partial charge < -0.3 is 4.90 Å². The fourth-order valence-corrected chi connectivity index (χ4v) is 8.17. The molecule has 2 aromatic carbocycles. The van der Waals surface area contributed by atoms with E-state index in [9.17, 15) is 0 Å². The summed E-state index contributed by atoms with van der Waals surface area (Å²) in [7, 11) is 0. The Hall–Kier alpha value is -1.76. The Morgan fingerprint density at radius 2 is 1.37 bits per heavy atom. The van der Waals surface area contributed by atoms with E-state index in [1.54, 1.807) is 5.56 Å². The molecule has 0 radical (unpaired) electrons. The van der Waals surface area contributed by atoms with Crippen molar-refractivity contribution in [1.29, 1.82) is 0 Å². The molecule has 1 nitrogen and oxygen atoms in total. The lowest BCUT2D eigenvalue weighted by Gasteiger charge is -2.66. The molecule has 1 heteroatoms. The molecular weight excluding hydrogens is 326 g/mol. The normalized spacial score (nSPS) is 39.0. The molecule has 0 aromatic heterocycles. The largest absolute Gasteiger partial charge is 0.341 e. The standard InChI is InChI=1S/C26H31N/c1-17-7-3-5-9-24(17)27-16-18(2)26(23-8-4-6-10-25(23)27)21-12-19-11-20(14-21)15-22(26)13-19/h3-10,18-22H,11-16H2,1-2H3/t18-,19?,20?,21?,22?,26?/m0/s1. The molecule has 2 aromatic rings. The first-order valence-electron chi connectivity index (χ1n) is 11.1. The van der Waals surface area contributed by atoms with Crippen LogP contribution in [0.4, 0.5) is 11.4 Å². The molecule has 1 aliphatic heterocycles. The van der Waals surface area contributed by atoms with Gasteiger partial charge in [0.05, 0.1) is 0 Å². The Balaban J connectivity index is 1.54. The van der Waals surface area contributed by atoms with E-state index in [4.69, 9.17) is 0 Å². The summed E-state index contributed by atoms with van der Waals surface area (Å²) in [5, 5.41) is 0. The topological polar surface area (TPSA) is 3.24 Å². The minimum Gasteiger partial charge on any atom is -0.341 e. The fraction of sp³-hybridized carbons (Fsp3) is 0.538. The third-order valence-corrected chi connectivity index (χ3v) is 8.83. The monoisotopic (exact) mass is 357 g/mol. The molecule has 4 fully saturated rings. The summed E-state index contributed by atoms with van der Waals surface area (Å²) in [4.78, 5) is 2.63. The van der Waals surface area contributed by atoms with E-state index in [1.165, 1.54) is 55.6 Å². The van der Waals surface area contributed by atoms with Crippen LogP contribution in [0.25, 0.3) is 0 Å². The molecule has 0 amide bonds. The second kappa shape index (κ2) is 5.63. The first kappa shape index (κ1) is 16.2. The van der Waals surface area contributed by atoms with Crippen LogP contribution in [0.1, 0.15) is 50.2 Å². The van der Waals surface area contributed by atoms with E-state index in [0.29, 0.717) is 5.41 Å². The second-order valence-corrected chi connectivity index (χ2v) is 10.1. The van der Waals surface area contributed by atoms with Gasteiger partial charge in [0.2, 0.25) is 0 Å². The van der Waals surface area contributed by atoms with Crippen molar-refractivity contribution in [3.05, 3.63) is 59.7 Å². The van der Waals surface area contributed by atoms with Crippen molar-refractivity contribution in [3.8, 4) is 0 Å². The Bertz CT molecular complexity index is 853. The van der Waals surface area contributed by atoms with Crippen LogP contribution in [-0.4, -0.2) is 6.54 Å². The van der Waals surface area contributed by atoms with Crippen LogP contribution >= 0.6 is 0 Å². The first-order chi connectivity index (χ1) is 13.2. The van der Waals surface area contributed by atoms with E-state index >= 15 is 0 Å². The molecule has 0 saturated heterocycles. The van der Waals surface area contributed by atoms with E-state index in [-0.39, 0.29) is 0 Å². The number of hydrogen-bond acceptors (Lipinski definition) is 1. The highest BCUT2D eigenvalue weighted by molar-refractivity contribution is 5.72. The summed E-state index contributed by atoms with van der Waals surface area (Å²) in [6.45, 7) is 6.00. The fourth-order valence-electron chi connectivity index (χ4n) is 8.17. The average Bonchev–Trinajstić information content (AvgIpc) is 2.67. The van der Waals surface area contributed by atoms with Crippen LogP contribution in [0.3, 0.4) is 0 Å². The molecule has 140 valence electrons. The summed E-state index contributed by atoms with van der Waals surface area (Å²) in [6.07, 6.45) is 7.52. The first-order valence-corrected chi connectivity index (χ1v) is 11.1. The van der Waals surface area contributed by atoms with Crippen molar-refractivity contribution >= 4 is 11.4 Å². The van der Waals surface area contributed by atoms with Crippen molar-refractivity contribution in [1.82, 2.24) is 0 Å². The van der Waals surface area contributed by atoms with Crippen LogP contribution in [0.15, 0.2) is 48.5 Å². The lowest BCUT2D eigenvalue weighted by atomic mass is 9.40. The van der Waals surface area contributed by atoms with Crippen LogP contribution in [0.2, 0.25) is 0 Å². The molecule has 1 spiro atoms. The van der Waals surface area contributed by atoms with Gasteiger partial charge in [0.1, 0.15) is 0 Å². The third-order valence-electron chi connectivity index (χ3n) is 8.83. The van der Waals surface area contributed by atoms with E-state index in [1.807, 2.05) is 0 Å². The van der Waals surface area contributed by atoms with Gasteiger partial charge in [-0.05, 0) is 91.9 Å². The lowest BCUT2D eigenvalue weighted by Crippen LogP contribution is -2.62. The molecule has 0 N–H and O–H groups in total. The van der Waals surface area contributed by atoms with Gasteiger partial charge in [0.15, 0.2) is 0 Å². The quantitative estimate of drug-likeness (QED) is 0.565. The van der Waals surface area contributed by atoms with E-state index < -0.39 is 0 Å². The number of fused-ring (bicyclic) bond motifs is 1. The number of benzene rings is 2. The number of anilines is 2. The molecular formula is C26H31N. The summed E-state index contributed by atoms with van der Waals surface area (Å²) < 4.78 is 0. The second-order valence-electron chi connectivity index (χ2n) is 10.1. The van der Waals surface area contributed by atoms with Gasteiger partial charge in [0.25, 0.3) is 0 Å². The SMILES string of the molecule is Cc1ccccc1N1C[C@H](C)C2(c3ccccc31)C1CC3CC(C1)CC2C3. The molecule has 7 rings (SSSR count). The van der Waals surface area contributed by atoms with Crippen molar-refractivity contribution < 1.29 is 0 Å². The summed E-state index contributed by atoms with van der Waals surface area (Å²) in [5.41, 5.74) is 6.40. The molecule has 4 aliphatic carbocycles. The zero-order chi connectivity index (χ0) is 18.2. The highest BCUT2D eigenvalue weighted by atomic mass is 15.2. The highest BCUT2D eigenvalue weighted by Gasteiger charge is 2.61. The van der Waals surface area contributed by atoms with Gasteiger partial charge in [0, 0.05) is 23.3 Å². The minimum atomic E-state index is 0.434. The lowest BCUT2D eigenvalue weighted by molar-refractivity contribution is -0.0860. The zero-order valence-electron chi connectivity index (χ0n) is 16.7. The predicted octanol–water partition coefficient (Wildman–Crippen LogP) is 6.48. The molecule has 5 aliphatic rings. The molecule has 1 atom stereocenters. The number of nitrogens with zero attached hydrogens (tertiary/aromatic N) is 1. The average molecular weight is 358 g/mol. The predicted molar refractivity (Wildman–Crippen MR) is 113 cm³/mol. The minimum absolute atomic E-state index is 0.434. The number of aryl methyl sites for hydroxylation is 1. The maximum absolute atomic E-state index is 2.63. The molecule has 27 heavy (non-hydrogen) atoms. The Morgan fingerprint density at radius 1 is 0.778 bits per heavy atom. The third kappa shape index (κ3) is 2.06. The maximum atomic E-state index is 2.63. The van der Waals surface area contributed by atoms with Crippen molar-refractivity contribution in [2.75, 3.05) is 11.4 Å². The van der Waals surface area contributed by atoms with Gasteiger partial charge in [-0.3, -0.25) is 0 Å². The van der Waals surface area contributed by atoms with E-state index in [0.717, 1.165) is 29.6 Å². The zero-order valence-corrected chi connectivity index (χ0v) is 16.7. The smallest absolute Gasteiger partial charge is 0.0449 e. The Morgan fingerprint density at radius 3 is 2.04 bits per heavy atom. The van der Waals surface area contributed by atoms with Crippen LogP contribution in [0, 0.1) is 36.5 Å². The van der Waals surface area contributed by atoms with Gasteiger partial charge >= 0.3 is 0 Å². The van der Waals surface area contributed by atoms with Gasteiger partial charge in [-0.1, -0.05) is 43.3 Å². The highest BCUT2D eigenvalue weighted by Crippen LogP contribution is 2.67. The van der Waals surface area contributed by atoms with Crippen molar-refractivity contribution in [3.63, 3.8) is 0 Å². The molecule has 1 heterocycles. The molecule has 4 saturated carbocycles. The van der Waals surface area contributed by atoms with Gasteiger partial charge in [-0.25, -0.2) is 0 Å². The summed E-state index contributed by atoms with van der Waals surface area (Å²) in [6, 6.07) is 18.4. The van der Waals surface area contributed by atoms with E-state index in [2.05, 4.69) is 67.3 Å². The van der Waals surface area contributed by atoms with Crippen LogP contribution < -0.4 is 4.90 Å². The van der Waals surface area contributed by atoms with Crippen LogP contribution in [-0.2, 0) is 5.41 Å². The maximum Gasteiger partial charge on any atom is 0.0449 e. The molecule has 0 unspecified atom stereocenters. The molecule has 4 bridgehead atoms. The van der Waals surface area contributed by atoms with Crippen molar-refractivity contribution in [2.45, 2.75) is 51.4 Å². The number of rotatable bonds is 1. The summed E-state index contributed by atoms with van der Waals surface area (Å²) in [5.74, 6) is 4.63. The van der Waals surface area contributed by atoms with Gasteiger partial charge in [-0.2, -0.15) is 0 Å². The summed E-state index contributed by atoms with van der Waals surface area (Å²) >= 11 is 0. The number of para-hydroxylation sites is 2.